The molecule has 0 aliphatic rings. The standard InChI is InChI=1S/C13H12O3/c1-16-13(15)11-9-7-5-3-2-4-6-8-10-12-14/h9,11,14H,8,10,12H2,1H3/b11-9-. The average molecular weight is 216 g/mol. The third-order valence-electron chi connectivity index (χ3n) is 1.31. The van der Waals surface area contributed by atoms with Gasteiger partial charge in [0.2, 0.25) is 0 Å². The van der Waals surface area contributed by atoms with E-state index in [1.54, 1.807) is 0 Å². The molecule has 0 fully saturated rings. The second kappa shape index (κ2) is 10.9. The van der Waals surface area contributed by atoms with Crippen molar-refractivity contribution in [1.82, 2.24) is 0 Å². The highest BCUT2D eigenvalue weighted by Crippen LogP contribution is 1.81. The van der Waals surface area contributed by atoms with Crippen molar-refractivity contribution in [2.75, 3.05) is 13.7 Å². The maximum atomic E-state index is 10.6. The molecule has 0 rings (SSSR count). The summed E-state index contributed by atoms with van der Waals surface area (Å²) >= 11 is 0. The Labute approximate surface area is 95.5 Å². The summed E-state index contributed by atoms with van der Waals surface area (Å²) in [5.74, 6) is 15.0. The number of methoxy groups -OCH3 is 1. The Bertz CT molecular complexity index is 413. The zero-order chi connectivity index (χ0) is 12.1. The van der Waals surface area contributed by atoms with Gasteiger partial charge in [-0.3, -0.25) is 0 Å². The van der Waals surface area contributed by atoms with Crippen molar-refractivity contribution in [1.29, 1.82) is 0 Å². The number of hydrogen-bond donors (Lipinski definition) is 1. The minimum absolute atomic E-state index is 0.139. The van der Waals surface area contributed by atoms with Gasteiger partial charge in [0, 0.05) is 19.1 Å². The van der Waals surface area contributed by atoms with E-state index in [0.717, 1.165) is 0 Å². The van der Waals surface area contributed by atoms with Crippen LogP contribution >= 0.6 is 0 Å². The average Bonchev–Trinajstić information content (AvgIpc) is 2.31. The zero-order valence-electron chi connectivity index (χ0n) is 9.04. The topological polar surface area (TPSA) is 46.5 Å². The minimum atomic E-state index is -0.453. The number of hydrogen-bond acceptors (Lipinski definition) is 3. The molecule has 0 aliphatic carbocycles. The number of esters is 1. The zero-order valence-corrected chi connectivity index (χ0v) is 9.04. The molecule has 0 saturated heterocycles. The number of ether oxygens (including phenoxy) is 1. The number of unbranched alkanes of at least 4 members (excludes halogenated alkanes) is 1. The normalized spacial score (nSPS) is 7.88. The van der Waals surface area contributed by atoms with E-state index >= 15 is 0 Å². The van der Waals surface area contributed by atoms with Crippen LogP contribution < -0.4 is 0 Å². The smallest absolute Gasteiger partial charge is 0.331 e. The molecule has 0 radical (unpaired) electrons. The van der Waals surface area contributed by atoms with Gasteiger partial charge in [-0.25, -0.2) is 4.79 Å². The molecule has 0 amide bonds. The molecule has 0 atom stereocenters. The molecule has 1 N–H and O–H groups in total. The van der Waals surface area contributed by atoms with Gasteiger partial charge in [-0.2, -0.15) is 0 Å². The molecule has 3 nitrogen and oxygen atoms in total. The predicted octanol–water partition coefficient (Wildman–Crippen LogP) is 0.498. The van der Waals surface area contributed by atoms with Crippen molar-refractivity contribution in [3.05, 3.63) is 12.2 Å². The Morgan fingerprint density at radius 3 is 2.75 bits per heavy atom. The lowest BCUT2D eigenvalue weighted by Crippen LogP contribution is -1.92. The molecular weight excluding hydrogens is 204 g/mol. The van der Waals surface area contributed by atoms with E-state index in [1.807, 2.05) is 0 Å². The first kappa shape index (κ1) is 13.8. The van der Waals surface area contributed by atoms with Crippen LogP contribution in [0, 0.1) is 35.5 Å². The van der Waals surface area contributed by atoms with Crippen LogP contribution in [0.4, 0.5) is 0 Å². The molecule has 0 aliphatic heterocycles. The first-order chi connectivity index (χ1) is 7.81. The summed E-state index contributed by atoms with van der Waals surface area (Å²) in [5, 5.41) is 8.46. The monoisotopic (exact) mass is 216 g/mol. The van der Waals surface area contributed by atoms with Crippen LogP contribution in [0.3, 0.4) is 0 Å². The van der Waals surface area contributed by atoms with Crippen LogP contribution in [0.5, 0.6) is 0 Å². The fraction of sp³-hybridized carbons (Fsp3) is 0.308. The van der Waals surface area contributed by atoms with E-state index in [4.69, 9.17) is 5.11 Å². The number of allylic oxidation sites excluding steroid dienone is 1. The third kappa shape index (κ3) is 9.93. The molecule has 82 valence electrons. The lowest BCUT2D eigenvalue weighted by atomic mass is 10.3. The summed E-state index contributed by atoms with van der Waals surface area (Å²) in [6.07, 6.45) is 3.85. The van der Waals surface area contributed by atoms with Gasteiger partial charge in [-0.1, -0.05) is 11.8 Å². The van der Waals surface area contributed by atoms with E-state index < -0.39 is 5.97 Å². The van der Waals surface area contributed by atoms with Gasteiger partial charge >= 0.3 is 5.97 Å². The Morgan fingerprint density at radius 2 is 2.06 bits per heavy atom. The van der Waals surface area contributed by atoms with Gasteiger partial charge < -0.3 is 9.84 Å². The van der Waals surface area contributed by atoms with Crippen LogP contribution in [0.15, 0.2) is 12.2 Å². The summed E-state index contributed by atoms with van der Waals surface area (Å²) in [6, 6.07) is 0. The fourth-order valence-corrected chi connectivity index (χ4v) is 0.592. The van der Waals surface area contributed by atoms with Crippen LogP contribution in [0.25, 0.3) is 0 Å². The molecule has 0 saturated carbocycles. The van der Waals surface area contributed by atoms with E-state index in [2.05, 4.69) is 40.3 Å². The van der Waals surface area contributed by atoms with Crippen LogP contribution in [0.2, 0.25) is 0 Å². The molecular formula is C13H12O3. The van der Waals surface area contributed by atoms with Crippen LogP contribution in [-0.4, -0.2) is 24.8 Å². The van der Waals surface area contributed by atoms with Crippen LogP contribution in [-0.2, 0) is 9.53 Å². The van der Waals surface area contributed by atoms with Crippen molar-refractivity contribution < 1.29 is 14.6 Å². The molecule has 0 aromatic rings. The molecule has 0 aromatic heterocycles. The van der Waals surface area contributed by atoms with Crippen molar-refractivity contribution in [3.8, 4) is 35.5 Å². The highest BCUT2D eigenvalue weighted by molar-refractivity contribution is 5.82. The van der Waals surface area contributed by atoms with Crippen molar-refractivity contribution in [3.63, 3.8) is 0 Å². The number of rotatable bonds is 3. The molecule has 0 bridgehead atoms. The Hall–Kier alpha value is -2.15. The first-order valence-electron chi connectivity index (χ1n) is 4.65. The first-order valence-corrected chi connectivity index (χ1v) is 4.65. The summed E-state index contributed by atoms with van der Waals surface area (Å²) in [5.41, 5.74) is 0. The lowest BCUT2D eigenvalue weighted by Gasteiger charge is -1.84. The van der Waals surface area contributed by atoms with Gasteiger partial charge in [-0.05, 0) is 36.2 Å². The molecule has 16 heavy (non-hydrogen) atoms. The molecule has 0 aromatic carbocycles. The van der Waals surface area contributed by atoms with E-state index in [1.165, 1.54) is 19.3 Å². The Kier molecular flexibility index (Phi) is 9.46. The quantitative estimate of drug-likeness (QED) is 0.323. The van der Waals surface area contributed by atoms with E-state index in [-0.39, 0.29) is 6.61 Å². The van der Waals surface area contributed by atoms with Gasteiger partial charge in [0.15, 0.2) is 0 Å². The summed E-state index contributed by atoms with van der Waals surface area (Å²) in [6.45, 7) is 0.139. The maximum absolute atomic E-state index is 10.6. The maximum Gasteiger partial charge on any atom is 0.331 e. The molecule has 0 unspecified atom stereocenters. The van der Waals surface area contributed by atoms with Crippen molar-refractivity contribution >= 4 is 5.97 Å². The number of carbonyl (C=O) groups excluding carboxylic acids is 1. The summed E-state index contributed by atoms with van der Waals surface area (Å²) < 4.78 is 4.36. The van der Waals surface area contributed by atoms with Crippen LogP contribution in [0.1, 0.15) is 12.8 Å². The van der Waals surface area contributed by atoms with E-state index in [0.29, 0.717) is 12.8 Å². The molecule has 0 spiro atoms. The lowest BCUT2D eigenvalue weighted by molar-refractivity contribution is -0.134. The largest absolute Gasteiger partial charge is 0.466 e. The van der Waals surface area contributed by atoms with Gasteiger partial charge in [0.05, 0.1) is 7.11 Å². The Morgan fingerprint density at radius 1 is 1.31 bits per heavy atom. The highest BCUT2D eigenvalue weighted by atomic mass is 16.5. The molecule has 0 heterocycles. The summed E-state index contributed by atoms with van der Waals surface area (Å²) in [4.78, 5) is 10.6. The minimum Gasteiger partial charge on any atom is -0.466 e. The van der Waals surface area contributed by atoms with Gasteiger partial charge in [-0.15, -0.1) is 0 Å². The second-order valence-corrected chi connectivity index (χ2v) is 2.50. The van der Waals surface area contributed by atoms with E-state index in [9.17, 15) is 4.79 Å². The second-order valence-electron chi connectivity index (χ2n) is 2.50. The highest BCUT2D eigenvalue weighted by Gasteiger charge is 1.85. The third-order valence-corrected chi connectivity index (χ3v) is 1.31. The van der Waals surface area contributed by atoms with Gasteiger partial charge in [0.1, 0.15) is 0 Å². The fourth-order valence-electron chi connectivity index (χ4n) is 0.592. The van der Waals surface area contributed by atoms with Gasteiger partial charge in [0.25, 0.3) is 0 Å². The van der Waals surface area contributed by atoms with Crippen molar-refractivity contribution in [2.45, 2.75) is 12.8 Å². The SMILES string of the molecule is COC(=O)/C=C\C#CC#CC#CCCCO. The van der Waals surface area contributed by atoms with Crippen molar-refractivity contribution in [2.24, 2.45) is 0 Å². The number of carbonyl (C=O) groups is 1. The molecule has 3 heteroatoms. The number of aliphatic hydroxyl groups excluding tert-OH is 1. The predicted molar refractivity (Wildman–Crippen MR) is 60.8 cm³/mol. The summed E-state index contributed by atoms with van der Waals surface area (Å²) in [7, 11) is 1.29. The Balaban J connectivity index is 3.90. The number of aliphatic hydroxyl groups is 1.